The van der Waals surface area contributed by atoms with Crippen LogP contribution < -0.4 is 0 Å². The third-order valence-corrected chi connectivity index (χ3v) is 3.54. The Morgan fingerprint density at radius 1 is 1.41 bits per heavy atom. The highest BCUT2D eigenvalue weighted by Crippen LogP contribution is 2.49. The van der Waals surface area contributed by atoms with Gasteiger partial charge in [0.05, 0.1) is 18.1 Å². The van der Waals surface area contributed by atoms with Crippen molar-refractivity contribution in [2.24, 2.45) is 7.05 Å². The lowest BCUT2D eigenvalue weighted by Gasteiger charge is -2.12. The van der Waals surface area contributed by atoms with Crippen molar-refractivity contribution in [1.82, 2.24) is 9.55 Å². The first kappa shape index (κ1) is 10.3. The molecule has 2 aromatic rings. The highest BCUT2D eigenvalue weighted by molar-refractivity contribution is 5.87. The lowest BCUT2D eigenvalue weighted by molar-refractivity contribution is -0.143. The predicted octanol–water partition coefficient (Wildman–Crippen LogP) is 1.78. The van der Waals surface area contributed by atoms with Crippen molar-refractivity contribution >= 4 is 17.0 Å². The molecular formula is C13H14N2O2. The van der Waals surface area contributed by atoms with E-state index in [4.69, 9.17) is 4.74 Å². The zero-order valence-corrected chi connectivity index (χ0v) is 9.93. The molecule has 1 fully saturated rings. The van der Waals surface area contributed by atoms with Crippen molar-refractivity contribution in [3.8, 4) is 0 Å². The maximum absolute atomic E-state index is 11.8. The normalized spacial score (nSPS) is 17.1. The summed E-state index contributed by atoms with van der Waals surface area (Å²) in [5.74, 6) is 0.654. The Labute approximate surface area is 99.2 Å². The predicted molar refractivity (Wildman–Crippen MR) is 63.6 cm³/mol. The SMILES string of the molecule is COC(=O)C1(c2nc3ccccc3n2C)CC1. The number of esters is 1. The van der Waals surface area contributed by atoms with Crippen molar-refractivity contribution in [2.75, 3.05) is 7.11 Å². The lowest BCUT2D eigenvalue weighted by Crippen LogP contribution is -2.25. The van der Waals surface area contributed by atoms with Gasteiger partial charge in [0.1, 0.15) is 11.2 Å². The van der Waals surface area contributed by atoms with Gasteiger partial charge < -0.3 is 9.30 Å². The Hall–Kier alpha value is -1.84. The zero-order valence-electron chi connectivity index (χ0n) is 9.93. The molecule has 1 aliphatic rings. The van der Waals surface area contributed by atoms with Crippen LogP contribution in [0.25, 0.3) is 11.0 Å². The summed E-state index contributed by atoms with van der Waals surface area (Å²) in [6, 6.07) is 7.91. The quantitative estimate of drug-likeness (QED) is 0.739. The highest BCUT2D eigenvalue weighted by atomic mass is 16.5. The standard InChI is InChI=1S/C13H14N2O2/c1-15-10-6-4-3-5-9(10)14-11(15)13(7-8-13)12(16)17-2/h3-6H,7-8H2,1-2H3. The number of hydrogen-bond donors (Lipinski definition) is 0. The van der Waals surface area contributed by atoms with Gasteiger partial charge in [0.2, 0.25) is 0 Å². The molecule has 1 aliphatic carbocycles. The van der Waals surface area contributed by atoms with Crippen LogP contribution >= 0.6 is 0 Å². The number of hydrogen-bond acceptors (Lipinski definition) is 3. The summed E-state index contributed by atoms with van der Waals surface area (Å²) in [6.07, 6.45) is 1.66. The van der Waals surface area contributed by atoms with E-state index in [1.807, 2.05) is 35.9 Å². The molecule has 0 unspecified atom stereocenters. The Kier molecular flexibility index (Phi) is 2.02. The fourth-order valence-corrected chi connectivity index (χ4v) is 2.41. The van der Waals surface area contributed by atoms with E-state index in [1.165, 1.54) is 7.11 Å². The summed E-state index contributed by atoms with van der Waals surface area (Å²) >= 11 is 0. The molecule has 1 heterocycles. The van der Waals surface area contributed by atoms with Gasteiger partial charge >= 0.3 is 5.97 Å². The number of rotatable bonds is 2. The first-order valence-electron chi connectivity index (χ1n) is 5.69. The van der Waals surface area contributed by atoms with E-state index in [9.17, 15) is 4.79 Å². The number of para-hydroxylation sites is 2. The van der Waals surface area contributed by atoms with Crippen LogP contribution in [-0.2, 0) is 22.0 Å². The molecule has 0 atom stereocenters. The minimum Gasteiger partial charge on any atom is -0.468 e. The molecule has 0 aliphatic heterocycles. The Morgan fingerprint density at radius 3 is 2.71 bits per heavy atom. The Balaban J connectivity index is 2.19. The van der Waals surface area contributed by atoms with Gasteiger partial charge in [-0.15, -0.1) is 0 Å². The molecule has 0 amide bonds. The van der Waals surface area contributed by atoms with Crippen LogP contribution in [0.4, 0.5) is 0 Å². The summed E-state index contributed by atoms with van der Waals surface area (Å²) in [7, 11) is 3.39. The average molecular weight is 230 g/mol. The summed E-state index contributed by atoms with van der Waals surface area (Å²) in [5, 5.41) is 0. The van der Waals surface area contributed by atoms with Crippen molar-refractivity contribution in [3.05, 3.63) is 30.1 Å². The zero-order chi connectivity index (χ0) is 12.0. The van der Waals surface area contributed by atoms with E-state index in [1.54, 1.807) is 0 Å². The summed E-state index contributed by atoms with van der Waals surface area (Å²) in [6.45, 7) is 0. The second-order valence-corrected chi connectivity index (χ2v) is 4.56. The number of carbonyl (C=O) groups excluding carboxylic acids is 1. The molecular weight excluding hydrogens is 216 g/mol. The third-order valence-electron chi connectivity index (χ3n) is 3.54. The van der Waals surface area contributed by atoms with Gasteiger partial charge in [-0.25, -0.2) is 4.98 Å². The molecule has 88 valence electrons. The first-order valence-corrected chi connectivity index (χ1v) is 5.69. The number of carbonyl (C=O) groups is 1. The molecule has 0 saturated heterocycles. The molecule has 0 bridgehead atoms. The maximum Gasteiger partial charge on any atom is 0.319 e. The highest BCUT2D eigenvalue weighted by Gasteiger charge is 2.55. The van der Waals surface area contributed by atoms with E-state index < -0.39 is 5.41 Å². The largest absolute Gasteiger partial charge is 0.468 e. The Bertz CT molecular complexity index is 596. The molecule has 0 radical (unpaired) electrons. The van der Waals surface area contributed by atoms with E-state index in [0.29, 0.717) is 0 Å². The minimum atomic E-state index is -0.498. The molecule has 0 spiro atoms. The molecule has 1 saturated carbocycles. The smallest absolute Gasteiger partial charge is 0.319 e. The first-order chi connectivity index (χ1) is 8.19. The van der Waals surface area contributed by atoms with Crippen LogP contribution in [0.1, 0.15) is 18.7 Å². The number of nitrogens with zero attached hydrogens (tertiary/aromatic N) is 2. The topological polar surface area (TPSA) is 44.1 Å². The van der Waals surface area contributed by atoms with Gasteiger partial charge in [0, 0.05) is 7.05 Å². The summed E-state index contributed by atoms with van der Waals surface area (Å²) < 4.78 is 6.89. The molecule has 17 heavy (non-hydrogen) atoms. The lowest BCUT2D eigenvalue weighted by atomic mass is 10.1. The fraction of sp³-hybridized carbons (Fsp3) is 0.385. The van der Waals surface area contributed by atoms with Gasteiger partial charge in [0.25, 0.3) is 0 Å². The van der Waals surface area contributed by atoms with Gasteiger partial charge in [-0.3, -0.25) is 4.79 Å². The molecule has 1 aromatic carbocycles. The number of fused-ring (bicyclic) bond motifs is 1. The van der Waals surface area contributed by atoms with Gasteiger partial charge in [-0.1, -0.05) is 12.1 Å². The number of imidazole rings is 1. The summed E-state index contributed by atoms with van der Waals surface area (Å²) in [5.41, 5.74) is 1.49. The molecule has 3 rings (SSSR count). The van der Waals surface area contributed by atoms with Crippen LogP contribution in [0.3, 0.4) is 0 Å². The van der Waals surface area contributed by atoms with Crippen LogP contribution in [0.5, 0.6) is 0 Å². The molecule has 1 aromatic heterocycles. The fourth-order valence-electron chi connectivity index (χ4n) is 2.41. The van der Waals surface area contributed by atoms with Crippen LogP contribution in [0.2, 0.25) is 0 Å². The van der Waals surface area contributed by atoms with E-state index in [-0.39, 0.29) is 5.97 Å². The second-order valence-electron chi connectivity index (χ2n) is 4.56. The van der Waals surface area contributed by atoms with Crippen molar-refractivity contribution in [2.45, 2.75) is 18.3 Å². The van der Waals surface area contributed by atoms with Crippen molar-refractivity contribution < 1.29 is 9.53 Å². The van der Waals surface area contributed by atoms with Crippen molar-refractivity contribution in [3.63, 3.8) is 0 Å². The number of ether oxygens (including phenoxy) is 1. The third kappa shape index (κ3) is 1.30. The summed E-state index contributed by atoms with van der Waals surface area (Å²) in [4.78, 5) is 16.4. The van der Waals surface area contributed by atoms with Crippen LogP contribution in [0.15, 0.2) is 24.3 Å². The number of aryl methyl sites for hydroxylation is 1. The number of aromatic nitrogens is 2. The minimum absolute atomic E-state index is 0.170. The maximum atomic E-state index is 11.8. The number of methoxy groups -OCH3 is 1. The van der Waals surface area contributed by atoms with Crippen LogP contribution in [-0.4, -0.2) is 22.6 Å². The van der Waals surface area contributed by atoms with Crippen molar-refractivity contribution in [1.29, 1.82) is 0 Å². The number of benzene rings is 1. The average Bonchev–Trinajstić information content (AvgIpc) is 3.10. The van der Waals surface area contributed by atoms with E-state index in [0.717, 1.165) is 29.7 Å². The van der Waals surface area contributed by atoms with E-state index in [2.05, 4.69) is 4.98 Å². The van der Waals surface area contributed by atoms with Crippen LogP contribution in [0, 0.1) is 0 Å². The molecule has 4 heteroatoms. The van der Waals surface area contributed by atoms with E-state index >= 15 is 0 Å². The van der Waals surface area contributed by atoms with Gasteiger partial charge in [-0.05, 0) is 25.0 Å². The molecule has 4 nitrogen and oxygen atoms in total. The van der Waals surface area contributed by atoms with Gasteiger partial charge in [-0.2, -0.15) is 0 Å². The monoisotopic (exact) mass is 230 g/mol. The second kappa shape index (κ2) is 3.32. The van der Waals surface area contributed by atoms with Gasteiger partial charge in [0.15, 0.2) is 0 Å². The Morgan fingerprint density at radius 2 is 2.12 bits per heavy atom. The molecule has 0 N–H and O–H groups in total.